The molecule has 0 aliphatic carbocycles. The summed E-state index contributed by atoms with van der Waals surface area (Å²) in [4.78, 5) is 16.0. The first-order chi connectivity index (χ1) is 7.15. The van der Waals surface area contributed by atoms with Crippen molar-refractivity contribution in [2.75, 3.05) is 39.8 Å². The SMILES string of the molecule is CCCN(C)CC(=O)N1CCNC[C@@H]1C.Cl.Cl. The number of amides is 1. The molecule has 0 aromatic carbocycles. The predicted molar refractivity (Wildman–Crippen MR) is 76.3 cm³/mol. The van der Waals surface area contributed by atoms with Crippen molar-refractivity contribution in [1.82, 2.24) is 15.1 Å². The van der Waals surface area contributed by atoms with Gasteiger partial charge in [-0.05, 0) is 26.9 Å². The van der Waals surface area contributed by atoms with Gasteiger partial charge in [-0.15, -0.1) is 24.8 Å². The molecule has 0 aromatic rings. The van der Waals surface area contributed by atoms with Crippen LogP contribution in [0.2, 0.25) is 0 Å². The molecule has 1 aliphatic heterocycles. The Labute approximate surface area is 117 Å². The van der Waals surface area contributed by atoms with E-state index in [2.05, 4.69) is 24.1 Å². The lowest BCUT2D eigenvalue weighted by atomic mass is 10.2. The Hall–Kier alpha value is -0.0300. The van der Waals surface area contributed by atoms with Crippen LogP contribution in [0.25, 0.3) is 0 Å². The highest BCUT2D eigenvalue weighted by atomic mass is 35.5. The standard InChI is InChI=1S/C11H23N3O.2ClH/c1-4-6-13(3)9-11(15)14-7-5-12-8-10(14)2;;/h10,12H,4-9H2,1-3H3;2*1H/t10-;;/m0../s1. The molecule has 0 radical (unpaired) electrons. The molecule has 1 heterocycles. The van der Waals surface area contributed by atoms with Crippen LogP contribution in [0.5, 0.6) is 0 Å². The number of carbonyl (C=O) groups is 1. The molecule has 1 atom stereocenters. The van der Waals surface area contributed by atoms with Gasteiger partial charge in [-0.3, -0.25) is 9.69 Å². The molecule has 1 fully saturated rings. The number of hydrogen-bond donors (Lipinski definition) is 1. The Morgan fingerprint density at radius 2 is 2.12 bits per heavy atom. The van der Waals surface area contributed by atoms with Crippen molar-refractivity contribution in [2.45, 2.75) is 26.3 Å². The van der Waals surface area contributed by atoms with Crippen LogP contribution in [-0.2, 0) is 4.79 Å². The number of hydrogen-bond acceptors (Lipinski definition) is 3. The van der Waals surface area contributed by atoms with Crippen LogP contribution >= 0.6 is 24.8 Å². The molecule has 0 unspecified atom stereocenters. The number of nitrogens with one attached hydrogen (secondary N) is 1. The average molecular weight is 286 g/mol. The van der Waals surface area contributed by atoms with Crippen LogP contribution < -0.4 is 5.32 Å². The number of rotatable bonds is 4. The topological polar surface area (TPSA) is 35.6 Å². The highest BCUT2D eigenvalue weighted by molar-refractivity contribution is 5.85. The van der Waals surface area contributed by atoms with Crippen molar-refractivity contribution in [3.8, 4) is 0 Å². The molecule has 0 aromatic heterocycles. The summed E-state index contributed by atoms with van der Waals surface area (Å²) in [6, 6.07) is 0.335. The fraction of sp³-hybridized carbons (Fsp3) is 0.909. The smallest absolute Gasteiger partial charge is 0.237 e. The van der Waals surface area contributed by atoms with Gasteiger partial charge in [-0.1, -0.05) is 6.92 Å². The summed E-state index contributed by atoms with van der Waals surface area (Å²) in [5, 5.41) is 3.29. The minimum absolute atomic E-state index is 0. The number of carbonyl (C=O) groups excluding carboxylic acids is 1. The molecular weight excluding hydrogens is 261 g/mol. The molecule has 0 spiro atoms. The van der Waals surface area contributed by atoms with Crippen LogP contribution in [0, 0.1) is 0 Å². The van der Waals surface area contributed by atoms with Crippen LogP contribution in [0.15, 0.2) is 0 Å². The van der Waals surface area contributed by atoms with Crippen molar-refractivity contribution in [1.29, 1.82) is 0 Å². The normalized spacial score (nSPS) is 19.5. The van der Waals surface area contributed by atoms with Gasteiger partial charge in [0.2, 0.25) is 5.91 Å². The lowest BCUT2D eigenvalue weighted by Gasteiger charge is -2.35. The molecule has 6 heteroatoms. The first-order valence-corrected chi connectivity index (χ1v) is 5.84. The van der Waals surface area contributed by atoms with E-state index in [9.17, 15) is 4.79 Å². The molecule has 1 aliphatic rings. The average Bonchev–Trinajstić information content (AvgIpc) is 2.18. The second-order valence-corrected chi connectivity index (χ2v) is 4.38. The zero-order chi connectivity index (χ0) is 11.3. The van der Waals surface area contributed by atoms with E-state index in [4.69, 9.17) is 0 Å². The Morgan fingerprint density at radius 3 is 2.65 bits per heavy atom. The maximum Gasteiger partial charge on any atom is 0.237 e. The summed E-state index contributed by atoms with van der Waals surface area (Å²) in [5.74, 6) is 0.264. The van der Waals surface area contributed by atoms with E-state index < -0.39 is 0 Å². The third kappa shape index (κ3) is 6.46. The van der Waals surface area contributed by atoms with Gasteiger partial charge in [0.05, 0.1) is 6.54 Å². The molecule has 0 saturated carbocycles. The van der Waals surface area contributed by atoms with Crippen molar-refractivity contribution in [2.24, 2.45) is 0 Å². The largest absolute Gasteiger partial charge is 0.336 e. The molecule has 104 valence electrons. The summed E-state index contributed by atoms with van der Waals surface area (Å²) < 4.78 is 0. The highest BCUT2D eigenvalue weighted by Crippen LogP contribution is 2.03. The van der Waals surface area contributed by atoms with E-state index in [1.54, 1.807) is 0 Å². The Kier molecular flexibility index (Phi) is 11.3. The van der Waals surface area contributed by atoms with Gasteiger partial charge >= 0.3 is 0 Å². The maximum absolute atomic E-state index is 12.0. The summed E-state index contributed by atoms with van der Waals surface area (Å²) in [7, 11) is 2.01. The van der Waals surface area contributed by atoms with Crippen molar-refractivity contribution in [3.63, 3.8) is 0 Å². The zero-order valence-electron chi connectivity index (χ0n) is 10.9. The summed E-state index contributed by atoms with van der Waals surface area (Å²) >= 11 is 0. The van der Waals surface area contributed by atoms with Gasteiger partial charge in [-0.2, -0.15) is 0 Å². The molecule has 1 rings (SSSR count). The molecule has 1 N–H and O–H groups in total. The summed E-state index contributed by atoms with van der Waals surface area (Å²) in [5.41, 5.74) is 0. The highest BCUT2D eigenvalue weighted by Gasteiger charge is 2.23. The van der Waals surface area contributed by atoms with Crippen molar-refractivity contribution in [3.05, 3.63) is 0 Å². The molecular formula is C11H25Cl2N3O. The molecule has 4 nitrogen and oxygen atoms in total. The fourth-order valence-electron chi connectivity index (χ4n) is 1.99. The van der Waals surface area contributed by atoms with Gasteiger partial charge in [0.25, 0.3) is 0 Å². The first kappa shape index (κ1) is 19.3. The second-order valence-electron chi connectivity index (χ2n) is 4.38. The van der Waals surface area contributed by atoms with E-state index in [-0.39, 0.29) is 30.7 Å². The van der Waals surface area contributed by atoms with E-state index >= 15 is 0 Å². The van der Waals surface area contributed by atoms with Gasteiger partial charge in [0.1, 0.15) is 0 Å². The number of likely N-dealkylation sites (N-methyl/N-ethyl adjacent to an activating group) is 1. The molecule has 1 amide bonds. The van der Waals surface area contributed by atoms with Crippen LogP contribution in [-0.4, -0.2) is 61.5 Å². The molecule has 17 heavy (non-hydrogen) atoms. The van der Waals surface area contributed by atoms with E-state index in [1.807, 2.05) is 11.9 Å². The van der Waals surface area contributed by atoms with E-state index in [0.29, 0.717) is 12.6 Å². The number of halogens is 2. The lowest BCUT2D eigenvalue weighted by molar-refractivity contribution is -0.134. The Morgan fingerprint density at radius 1 is 1.47 bits per heavy atom. The predicted octanol–water partition coefficient (Wildman–Crippen LogP) is 0.992. The Balaban J connectivity index is 0. The van der Waals surface area contributed by atoms with Gasteiger partial charge in [-0.25, -0.2) is 0 Å². The van der Waals surface area contributed by atoms with Crippen LogP contribution in [0.1, 0.15) is 20.3 Å². The first-order valence-electron chi connectivity index (χ1n) is 5.84. The molecule has 0 bridgehead atoms. The van der Waals surface area contributed by atoms with E-state index in [1.165, 1.54) is 0 Å². The minimum atomic E-state index is 0. The number of nitrogens with zero attached hydrogens (tertiary/aromatic N) is 2. The summed E-state index contributed by atoms with van der Waals surface area (Å²) in [6.45, 7) is 8.47. The quantitative estimate of drug-likeness (QED) is 0.837. The van der Waals surface area contributed by atoms with Gasteiger partial charge in [0.15, 0.2) is 0 Å². The number of piperazine rings is 1. The third-order valence-corrected chi connectivity index (χ3v) is 2.83. The van der Waals surface area contributed by atoms with Gasteiger partial charge < -0.3 is 10.2 Å². The second kappa shape index (κ2) is 9.95. The van der Waals surface area contributed by atoms with E-state index in [0.717, 1.165) is 32.6 Å². The van der Waals surface area contributed by atoms with Gasteiger partial charge in [0, 0.05) is 25.7 Å². The zero-order valence-corrected chi connectivity index (χ0v) is 12.6. The minimum Gasteiger partial charge on any atom is -0.336 e. The lowest BCUT2D eigenvalue weighted by Crippen LogP contribution is -2.54. The maximum atomic E-state index is 12.0. The van der Waals surface area contributed by atoms with Crippen LogP contribution in [0.3, 0.4) is 0 Å². The third-order valence-electron chi connectivity index (χ3n) is 2.83. The monoisotopic (exact) mass is 285 g/mol. The molecule has 1 saturated heterocycles. The van der Waals surface area contributed by atoms with Crippen LogP contribution in [0.4, 0.5) is 0 Å². The fourth-order valence-corrected chi connectivity index (χ4v) is 1.99. The van der Waals surface area contributed by atoms with Crippen molar-refractivity contribution >= 4 is 30.7 Å². The van der Waals surface area contributed by atoms with Crippen molar-refractivity contribution < 1.29 is 4.79 Å². The Bertz CT molecular complexity index is 217. The summed E-state index contributed by atoms with van der Waals surface area (Å²) in [6.07, 6.45) is 1.10.